The second kappa shape index (κ2) is 4.65. The molecule has 0 saturated heterocycles. The van der Waals surface area contributed by atoms with Crippen molar-refractivity contribution in [1.82, 2.24) is 0 Å². The van der Waals surface area contributed by atoms with Crippen LogP contribution >= 0.6 is 0 Å². The topological polar surface area (TPSA) is 26.3 Å². The van der Waals surface area contributed by atoms with E-state index in [9.17, 15) is 4.79 Å². The van der Waals surface area contributed by atoms with E-state index in [1.807, 2.05) is 18.2 Å². The van der Waals surface area contributed by atoms with Crippen molar-refractivity contribution >= 4 is 6.29 Å². The minimum absolute atomic E-state index is 0.459. The first-order chi connectivity index (χ1) is 6.31. The lowest BCUT2D eigenvalue weighted by Crippen LogP contribution is -1.93. The second-order valence-corrected chi connectivity index (χ2v) is 2.87. The first-order valence-electron chi connectivity index (χ1n) is 4.41. The molecule has 0 N–H and O–H groups in total. The van der Waals surface area contributed by atoms with Crippen LogP contribution in [-0.4, -0.2) is 13.4 Å². The SMILES string of the molecule is CCc1ccc(CC=O)cc1OC. The van der Waals surface area contributed by atoms with Gasteiger partial charge in [-0.3, -0.25) is 0 Å². The standard InChI is InChI=1S/C11H14O2/c1-3-10-5-4-9(6-7-12)8-11(10)13-2/h4-5,7-8H,3,6H2,1-2H3. The lowest BCUT2D eigenvalue weighted by Gasteiger charge is -2.07. The number of carbonyl (C=O) groups excluding carboxylic acids is 1. The van der Waals surface area contributed by atoms with Crippen LogP contribution in [0.4, 0.5) is 0 Å². The van der Waals surface area contributed by atoms with Crippen LogP contribution in [0.2, 0.25) is 0 Å². The molecule has 0 bridgehead atoms. The fourth-order valence-electron chi connectivity index (χ4n) is 1.30. The van der Waals surface area contributed by atoms with E-state index in [2.05, 4.69) is 6.92 Å². The summed E-state index contributed by atoms with van der Waals surface area (Å²) in [5, 5.41) is 0. The summed E-state index contributed by atoms with van der Waals surface area (Å²) in [5.74, 6) is 0.877. The monoisotopic (exact) mass is 178 g/mol. The molecule has 13 heavy (non-hydrogen) atoms. The van der Waals surface area contributed by atoms with Crippen LogP contribution in [0.15, 0.2) is 18.2 Å². The van der Waals surface area contributed by atoms with Crippen LogP contribution in [-0.2, 0) is 17.6 Å². The van der Waals surface area contributed by atoms with E-state index < -0.39 is 0 Å². The number of aldehydes is 1. The summed E-state index contributed by atoms with van der Waals surface area (Å²) in [6.07, 6.45) is 2.31. The van der Waals surface area contributed by atoms with Crippen molar-refractivity contribution in [3.63, 3.8) is 0 Å². The molecular formula is C11H14O2. The van der Waals surface area contributed by atoms with Crippen LogP contribution in [0.1, 0.15) is 18.1 Å². The van der Waals surface area contributed by atoms with Crippen LogP contribution in [0.5, 0.6) is 5.75 Å². The predicted molar refractivity (Wildman–Crippen MR) is 52.1 cm³/mol. The first-order valence-corrected chi connectivity index (χ1v) is 4.41. The minimum Gasteiger partial charge on any atom is -0.496 e. The molecule has 0 amide bonds. The molecule has 0 aliphatic rings. The van der Waals surface area contributed by atoms with Gasteiger partial charge in [0.15, 0.2) is 0 Å². The minimum atomic E-state index is 0.459. The van der Waals surface area contributed by atoms with E-state index in [-0.39, 0.29) is 0 Å². The number of ether oxygens (including phenoxy) is 1. The van der Waals surface area contributed by atoms with Gasteiger partial charge in [-0.05, 0) is 23.6 Å². The van der Waals surface area contributed by atoms with Gasteiger partial charge in [-0.2, -0.15) is 0 Å². The summed E-state index contributed by atoms with van der Waals surface area (Å²) in [6, 6.07) is 5.90. The number of benzene rings is 1. The highest BCUT2D eigenvalue weighted by atomic mass is 16.5. The smallest absolute Gasteiger partial charge is 0.124 e. The number of methoxy groups -OCH3 is 1. The highest BCUT2D eigenvalue weighted by Gasteiger charge is 2.01. The van der Waals surface area contributed by atoms with Crippen molar-refractivity contribution < 1.29 is 9.53 Å². The van der Waals surface area contributed by atoms with E-state index in [4.69, 9.17) is 4.74 Å². The molecular weight excluding hydrogens is 164 g/mol. The molecule has 2 nitrogen and oxygen atoms in total. The molecule has 1 aromatic carbocycles. The van der Waals surface area contributed by atoms with Gasteiger partial charge < -0.3 is 9.53 Å². The molecule has 0 heterocycles. The van der Waals surface area contributed by atoms with Gasteiger partial charge in [-0.1, -0.05) is 19.1 Å². The zero-order valence-electron chi connectivity index (χ0n) is 8.04. The molecule has 2 heteroatoms. The number of hydrogen-bond acceptors (Lipinski definition) is 2. The Morgan fingerprint density at radius 2 is 2.23 bits per heavy atom. The molecule has 0 saturated carbocycles. The molecule has 0 atom stereocenters. The number of hydrogen-bond donors (Lipinski definition) is 0. The summed E-state index contributed by atoms with van der Waals surface area (Å²) >= 11 is 0. The summed E-state index contributed by atoms with van der Waals surface area (Å²) in [6.45, 7) is 2.08. The molecule has 1 rings (SSSR count). The Hall–Kier alpha value is -1.31. The quantitative estimate of drug-likeness (QED) is 0.659. The predicted octanol–water partition coefficient (Wildman–Crippen LogP) is 2.00. The van der Waals surface area contributed by atoms with Gasteiger partial charge >= 0.3 is 0 Å². The molecule has 70 valence electrons. The second-order valence-electron chi connectivity index (χ2n) is 2.87. The zero-order chi connectivity index (χ0) is 9.68. The van der Waals surface area contributed by atoms with Gasteiger partial charge in [0.1, 0.15) is 12.0 Å². The van der Waals surface area contributed by atoms with E-state index in [0.717, 1.165) is 24.0 Å². The Morgan fingerprint density at radius 1 is 1.46 bits per heavy atom. The van der Waals surface area contributed by atoms with Crippen LogP contribution < -0.4 is 4.74 Å². The fourth-order valence-corrected chi connectivity index (χ4v) is 1.30. The first kappa shape index (κ1) is 9.78. The van der Waals surface area contributed by atoms with Crippen LogP contribution in [0.3, 0.4) is 0 Å². The third-order valence-corrected chi connectivity index (χ3v) is 2.05. The highest BCUT2D eigenvalue weighted by Crippen LogP contribution is 2.20. The summed E-state index contributed by atoms with van der Waals surface area (Å²) in [7, 11) is 1.65. The largest absolute Gasteiger partial charge is 0.496 e. The van der Waals surface area contributed by atoms with Gasteiger partial charge in [0.05, 0.1) is 7.11 Å². The molecule has 0 spiro atoms. The van der Waals surface area contributed by atoms with Crippen molar-refractivity contribution in [2.24, 2.45) is 0 Å². The maximum absolute atomic E-state index is 10.3. The van der Waals surface area contributed by atoms with E-state index in [1.54, 1.807) is 7.11 Å². The summed E-state index contributed by atoms with van der Waals surface area (Å²) in [4.78, 5) is 10.3. The van der Waals surface area contributed by atoms with Gasteiger partial charge in [0, 0.05) is 6.42 Å². The number of rotatable bonds is 4. The molecule has 0 unspecified atom stereocenters. The van der Waals surface area contributed by atoms with E-state index in [1.165, 1.54) is 5.56 Å². The van der Waals surface area contributed by atoms with Crippen molar-refractivity contribution in [3.8, 4) is 5.75 Å². The fraction of sp³-hybridized carbons (Fsp3) is 0.364. The number of carbonyl (C=O) groups is 1. The van der Waals surface area contributed by atoms with Crippen LogP contribution in [0.25, 0.3) is 0 Å². The van der Waals surface area contributed by atoms with Gasteiger partial charge in [-0.15, -0.1) is 0 Å². The molecule has 0 radical (unpaired) electrons. The van der Waals surface area contributed by atoms with Crippen molar-refractivity contribution in [3.05, 3.63) is 29.3 Å². The van der Waals surface area contributed by atoms with E-state index >= 15 is 0 Å². The Kier molecular flexibility index (Phi) is 3.50. The van der Waals surface area contributed by atoms with Crippen molar-refractivity contribution in [2.75, 3.05) is 7.11 Å². The zero-order valence-corrected chi connectivity index (χ0v) is 8.04. The van der Waals surface area contributed by atoms with Gasteiger partial charge in [0.2, 0.25) is 0 Å². The maximum Gasteiger partial charge on any atom is 0.124 e. The third kappa shape index (κ3) is 2.31. The van der Waals surface area contributed by atoms with Crippen LogP contribution in [0, 0.1) is 0 Å². The molecule has 0 aromatic heterocycles. The lowest BCUT2D eigenvalue weighted by molar-refractivity contribution is -0.107. The van der Waals surface area contributed by atoms with E-state index in [0.29, 0.717) is 6.42 Å². The lowest BCUT2D eigenvalue weighted by atomic mass is 10.1. The van der Waals surface area contributed by atoms with Crippen molar-refractivity contribution in [1.29, 1.82) is 0 Å². The average molecular weight is 178 g/mol. The molecule has 1 aromatic rings. The Morgan fingerprint density at radius 3 is 2.77 bits per heavy atom. The summed E-state index contributed by atoms with van der Waals surface area (Å²) in [5.41, 5.74) is 2.18. The van der Waals surface area contributed by atoms with Gasteiger partial charge in [-0.25, -0.2) is 0 Å². The Labute approximate surface area is 78.5 Å². The number of aryl methyl sites for hydroxylation is 1. The molecule has 0 fully saturated rings. The highest BCUT2D eigenvalue weighted by molar-refractivity contribution is 5.56. The third-order valence-electron chi connectivity index (χ3n) is 2.05. The molecule has 0 aliphatic heterocycles. The molecule has 0 aliphatic carbocycles. The van der Waals surface area contributed by atoms with Crippen molar-refractivity contribution in [2.45, 2.75) is 19.8 Å². The Balaban J connectivity index is 2.98. The normalized spacial score (nSPS) is 9.69. The Bertz CT molecular complexity index is 292. The van der Waals surface area contributed by atoms with Gasteiger partial charge in [0.25, 0.3) is 0 Å². The maximum atomic E-state index is 10.3. The summed E-state index contributed by atoms with van der Waals surface area (Å²) < 4.78 is 5.21. The average Bonchev–Trinajstić information content (AvgIpc) is 2.18.